The molecular formula is C21H21F3N4O4S. The van der Waals surface area contributed by atoms with Crippen molar-refractivity contribution in [1.29, 1.82) is 0 Å². The van der Waals surface area contributed by atoms with E-state index in [0.29, 0.717) is 30.0 Å². The van der Waals surface area contributed by atoms with Crippen LogP contribution in [0.2, 0.25) is 0 Å². The second kappa shape index (κ2) is 7.96. The standard InChI is InChI=1S/C21H21F3N4O4S/c1-2-31-16(21(22,23)24)12-3-4-13(17-26-7-8-33-17)15-14(12)27-18(32-15)20-6-5-11(9-25-10-20)28(20)19(29)30/h3-4,7-8,11,16,25H,2,5-6,9-10H2,1H3,(H,29,30). The van der Waals surface area contributed by atoms with E-state index in [0.717, 1.165) is 0 Å². The van der Waals surface area contributed by atoms with Crippen LogP contribution in [0.5, 0.6) is 0 Å². The van der Waals surface area contributed by atoms with Crippen LogP contribution in [0.25, 0.3) is 21.7 Å². The number of carboxylic acid groups (broad SMARTS) is 1. The lowest BCUT2D eigenvalue weighted by Gasteiger charge is -2.41. The minimum Gasteiger partial charge on any atom is -0.465 e. The second-order valence-electron chi connectivity index (χ2n) is 8.12. The molecule has 3 atom stereocenters. The van der Waals surface area contributed by atoms with E-state index in [1.165, 1.54) is 35.3 Å². The van der Waals surface area contributed by atoms with Gasteiger partial charge in [0.1, 0.15) is 16.1 Å². The van der Waals surface area contributed by atoms with Crippen LogP contribution in [-0.2, 0) is 10.3 Å². The summed E-state index contributed by atoms with van der Waals surface area (Å²) in [6.07, 6.45) is -5.31. The van der Waals surface area contributed by atoms with E-state index in [9.17, 15) is 23.1 Å². The molecule has 5 rings (SSSR count). The Kier molecular flexibility index (Phi) is 5.33. The van der Waals surface area contributed by atoms with E-state index in [4.69, 9.17) is 9.15 Å². The van der Waals surface area contributed by atoms with Gasteiger partial charge in [-0.25, -0.2) is 14.8 Å². The maximum Gasteiger partial charge on any atom is 0.418 e. The van der Waals surface area contributed by atoms with E-state index < -0.39 is 23.9 Å². The predicted molar refractivity (Wildman–Crippen MR) is 113 cm³/mol. The molecule has 12 heteroatoms. The van der Waals surface area contributed by atoms with Crippen molar-refractivity contribution in [2.24, 2.45) is 0 Å². The molecule has 4 heterocycles. The molecular weight excluding hydrogens is 461 g/mol. The number of thiazole rings is 1. The fourth-order valence-corrected chi connectivity index (χ4v) is 5.59. The molecule has 1 amide bonds. The summed E-state index contributed by atoms with van der Waals surface area (Å²) in [5, 5.41) is 15.4. The summed E-state index contributed by atoms with van der Waals surface area (Å²) >= 11 is 1.32. The van der Waals surface area contributed by atoms with E-state index in [1.54, 1.807) is 11.6 Å². The van der Waals surface area contributed by atoms with Gasteiger partial charge in [0.15, 0.2) is 11.7 Å². The molecule has 2 saturated heterocycles. The third-order valence-electron chi connectivity index (χ3n) is 6.27. The van der Waals surface area contributed by atoms with Crippen molar-refractivity contribution in [3.63, 3.8) is 0 Å². The largest absolute Gasteiger partial charge is 0.465 e. The zero-order valence-electron chi connectivity index (χ0n) is 17.6. The molecule has 0 radical (unpaired) electrons. The van der Waals surface area contributed by atoms with Gasteiger partial charge in [0.25, 0.3) is 0 Å². The summed E-state index contributed by atoms with van der Waals surface area (Å²) < 4.78 is 52.8. The summed E-state index contributed by atoms with van der Waals surface area (Å²) in [5.74, 6) is 0.0808. The van der Waals surface area contributed by atoms with E-state index in [2.05, 4.69) is 15.3 Å². The Balaban J connectivity index is 1.74. The highest BCUT2D eigenvalue weighted by Gasteiger charge is 2.56. The molecule has 3 aromatic rings. The molecule has 2 fully saturated rings. The minimum absolute atomic E-state index is 0.00205. The molecule has 2 aliphatic heterocycles. The first-order chi connectivity index (χ1) is 15.8. The van der Waals surface area contributed by atoms with Gasteiger partial charge in [-0.05, 0) is 25.8 Å². The first-order valence-electron chi connectivity index (χ1n) is 10.5. The number of rotatable bonds is 5. The van der Waals surface area contributed by atoms with Gasteiger partial charge in [0.05, 0.1) is 5.56 Å². The number of benzene rings is 1. The van der Waals surface area contributed by atoms with Crippen LogP contribution < -0.4 is 5.32 Å². The van der Waals surface area contributed by atoms with Gasteiger partial charge in [0.2, 0.25) is 5.89 Å². The molecule has 8 nitrogen and oxygen atoms in total. The highest BCUT2D eigenvalue weighted by atomic mass is 32.1. The van der Waals surface area contributed by atoms with Crippen LogP contribution in [0.1, 0.15) is 37.3 Å². The summed E-state index contributed by atoms with van der Waals surface area (Å²) in [6, 6.07) is 2.60. The van der Waals surface area contributed by atoms with E-state index in [1.807, 2.05) is 0 Å². The third-order valence-corrected chi connectivity index (χ3v) is 7.08. The number of halogens is 3. The molecule has 1 aromatic carbocycles. The van der Waals surface area contributed by atoms with Crippen molar-refractivity contribution in [3.05, 3.63) is 35.2 Å². The fraction of sp³-hybridized carbons (Fsp3) is 0.476. The highest BCUT2D eigenvalue weighted by Crippen LogP contribution is 2.47. The number of nitrogens with one attached hydrogen (secondary N) is 1. The molecule has 3 unspecified atom stereocenters. The Morgan fingerprint density at radius 3 is 2.97 bits per heavy atom. The first-order valence-corrected chi connectivity index (χ1v) is 11.4. The SMILES string of the molecule is CCOC(c1ccc(-c2nccs2)c2oc(C34CCC(CNC3)N4C(=O)O)nc12)C(F)(F)F. The summed E-state index contributed by atoms with van der Waals surface area (Å²) in [6.45, 7) is 2.11. The summed E-state index contributed by atoms with van der Waals surface area (Å²) in [5.41, 5.74) is -0.630. The fourth-order valence-electron chi connectivity index (χ4n) is 4.93. The van der Waals surface area contributed by atoms with Crippen molar-refractivity contribution in [3.8, 4) is 10.6 Å². The van der Waals surface area contributed by atoms with Gasteiger partial charge in [-0.1, -0.05) is 6.07 Å². The molecule has 0 aliphatic carbocycles. The Morgan fingerprint density at radius 2 is 2.30 bits per heavy atom. The van der Waals surface area contributed by atoms with Crippen LogP contribution in [0.15, 0.2) is 28.1 Å². The van der Waals surface area contributed by atoms with E-state index in [-0.39, 0.29) is 41.7 Å². The summed E-state index contributed by atoms with van der Waals surface area (Å²) in [7, 11) is 0. The number of amides is 1. The minimum atomic E-state index is -4.67. The van der Waals surface area contributed by atoms with Crippen molar-refractivity contribution in [1.82, 2.24) is 20.2 Å². The Labute approximate surface area is 190 Å². The molecule has 176 valence electrons. The normalized spacial score (nSPS) is 23.9. The molecule has 2 bridgehead atoms. The lowest BCUT2D eigenvalue weighted by molar-refractivity contribution is -0.222. The smallest absolute Gasteiger partial charge is 0.418 e. The number of hydrogen-bond donors (Lipinski definition) is 2. The maximum absolute atomic E-state index is 13.9. The quantitative estimate of drug-likeness (QED) is 0.551. The van der Waals surface area contributed by atoms with Gasteiger partial charge >= 0.3 is 12.3 Å². The molecule has 0 spiro atoms. The molecule has 2 N–H and O–H groups in total. The topological polar surface area (TPSA) is 101 Å². The number of nitrogens with zero attached hydrogens (tertiary/aromatic N) is 3. The van der Waals surface area contributed by atoms with Gasteiger partial charge in [-0.15, -0.1) is 11.3 Å². The monoisotopic (exact) mass is 482 g/mol. The number of alkyl halides is 3. The number of carbonyl (C=O) groups is 1. The van der Waals surface area contributed by atoms with Gasteiger partial charge < -0.3 is 19.6 Å². The highest BCUT2D eigenvalue weighted by molar-refractivity contribution is 7.13. The lowest BCUT2D eigenvalue weighted by atomic mass is 9.95. The summed E-state index contributed by atoms with van der Waals surface area (Å²) in [4.78, 5) is 22.2. The molecule has 33 heavy (non-hydrogen) atoms. The molecule has 0 saturated carbocycles. The number of ether oxygens (including phenoxy) is 1. The van der Waals surface area contributed by atoms with Crippen molar-refractivity contribution in [2.75, 3.05) is 19.7 Å². The van der Waals surface area contributed by atoms with Crippen LogP contribution in [0.4, 0.5) is 18.0 Å². The van der Waals surface area contributed by atoms with Crippen LogP contribution >= 0.6 is 11.3 Å². The van der Waals surface area contributed by atoms with E-state index >= 15 is 0 Å². The maximum atomic E-state index is 13.9. The average Bonchev–Trinajstić information content (AvgIpc) is 3.48. The number of oxazole rings is 1. The van der Waals surface area contributed by atoms with Crippen molar-refractivity contribution >= 4 is 28.5 Å². The number of hydrogen-bond acceptors (Lipinski definition) is 7. The van der Waals surface area contributed by atoms with Crippen LogP contribution in [0.3, 0.4) is 0 Å². The zero-order valence-corrected chi connectivity index (χ0v) is 18.4. The zero-order chi connectivity index (χ0) is 23.4. The van der Waals surface area contributed by atoms with Crippen molar-refractivity contribution in [2.45, 2.75) is 43.6 Å². The number of piperazine rings is 1. The van der Waals surface area contributed by atoms with Crippen molar-refractivity contribution < 1.29 is 32.2 Å². The first kappa shape index (κ1) is 22.1. The Morgan fingerprint density at radius 1 is 1.48 bits per heavy atom. The predicted octanol–water partition coefficient (Wildman–Crippen LogP) is 4.53. The Hall–Kier alpha value is -2.70. The van der Waals surface area contributed by atoms with Gasteiger partial charge in [-0.2, -0.15) is 13.2 Å². The number of aromatic nitrogens is 2. The van der Waals surface area contributed by atoms with Crippen LogP contribution in [0, 0.1) is 0 Å². The second-order valence-corrected chi connectivity index (χ2v) is 9.02. The number of fused-ring (bicyclic) bond motifs is 3. The van der Waals surface area contributed by atoms with Gasteiger partial charge in [-0.3, -0.25) is 4.90 Å². The van der Waals surface area contributed by atoms with Gasteiger partial charge in [0, 0.05) is 42.9 Å². The average molecular weight is 482 g/mol. The third kappa shape index (κ3) is 3.47. The Bertz CT molecular complexity index is 1180. The molecule has 2 aromatic heterocycles. The van der Waals surface area contributed by atoms with Crippen LogP contribution in [-0.4, -0.2) is 58.0 Å². The molecule has 2 aliphatic rings. The lowest BCUT2D eigenvalue weighted by Crippen LogP contribution is -2.60.